The number of para-hydroxylation sites is 1. The Morgan fingerprint density at radius 1 is 1.47 bits per heavy atom. The normalized spacial score (nSPS) is 9.93. The fourth-order valence-corrected chi connectivity index (χ4v) is 1.58. The predicted octanol–water partition coefficient (Wildman–Crippen LogP) is 2.82. The molecule has 2 N–H and O–H groups in total. The van der Waals surface area contributed by atoms with Gasteiger partial charge in [0.1, 0.15) is 0 Å². The van der Waals surface area contributed by atoms with E-state index in [-0.39, 0.29) is 11.5 Å². The first-order valence-corrected chi connectivity index (χ1v) is 5.95. The van der Waals surface area contributed by atoms with Crippen LogP contribution >= 0.6 is 22.6 Å². The molecule has 4 nitrogen and oxygen atoms in total. The van der Waals surface area contributed by atoms with Gasteiger partial charge in [-0.15, -0.1) is 0 Å². The van der Waals surface area contributed by atoms with Gasteiger partial charge >= 0.3 is 6.16 Å². The van der Waals surface area contributed by atoms with Crippen LogP contribution in [0.1, 0.15) is 12.0 Å². The molecule has 0 spiro atoms. The molecule has 5 heteroatoms. The van der Waals surface area contributed by atoms with Crippen LogP contribution in [0.3, 0.4) is 0 Å². The van der Waals surface area contributed by atoms with Crippen LogP contribution in [0, 0.1) is 0 Å². The van der Waals surface area contributed by atoms with Crippen molar-refractivity contribution >= 4 is 28.7 Å². The number of rotatable bonds is 4. The second-order valence-corrected chi connectivity index (χ2v) is 4.00. The van der Waals surface area contributed by atoms with E-state index < -0.39 is 6.16 Å². The molecule has 0 aliphatic heterocycles. The SMILES string of the molecule is O=C(O)Oc1cccc(CCCI)c1O. The van der Waals surface area contributed by atoms with Crippen LogP contribution in [0.5, 0.6) is 11.5 Å². The summed E-state index contributed by atoms with van der Waals surface area (Å²) in [6.45, 7) is 0. The summed E-state index contributed by atoms with van der Waals surface area (Å²) in [7, 11) is 0. The molecule has 0 radical (unpaired) electrons. The zero-order valence-electron chi connectivity index (χ0n) is 7.94. The molecule has 82 valence electrons. The molecule has 0 saturated carbocycles. The van der Waals surface area contributed by atoms with Crippen LogP contribution < -0.4 is 4.74 Å². The zero-order chi connectivity index (χ0) is 11.3. The molecule has 0 bridgehead atoms. The molecule has 1 rings (SSSR count). The lowest BCUT2D eigenvalue weighted by Crippen LogP contribution is -2.03. The zero-order valence-corrected chi connectivity index (χ0v) is 10.1. The Kier molecular flexibility index (Phi) is 4.67. The second-order valence-electron chi connectivity index (χ2n) is 2.92. The minimum Gasteiger partial charge on any atom is -0.504 e. The maximum absolute atomic E-state index is 10.3. The van der Waals surface area contributed by atoms with Gasteiger partial charge in [-0.05, 0) is 28.9 Å². The van der Waals surface area contributed by atoms with Crippen LogP contribution in [0.25, 0.3) is 0 Å². The van der Waals surface area contributed by atoms with Gasteiger partial charge in [-0.2, -0.15) is 0 Å². The van der Waals surface area contributed by atoms with Crippen molar-refractivity contribution in [3.05, 3.63) is 23.8 Å². The quantitative estimate of drug-likeness (QED) is 0.387. The Hall–Kier alpha value is -0.980. The predicted molar refractivity (Wildman–Crippen MR) is 64.0 cm³/mol. The fraction of sp³-hybridized carbons (Fsp3) is 0.300. The van der Waals surface area contributed by atoms with Crippen molar-refractivity contribution in [3.8, 4) is 11.5 Å². The van der Waals surface area contributed by atoms with Crippen molar-refractivity contribution in [1.29, 1.82) is 0 Å². The van der Waals surface area contributed by atoms with Crippen LogP contribution in [-0.4, -0.2) is 20.8 Å². The van der Waals surface area contributed by atoms with Gasteiger partial charge in [0.2, 0.25) is 0 Å². The number of ether oxygens (including phenoxy) is 1. The van der Waals surface area contributed by atoms with Crippen molar-refractivity contribution in [1.82, 2.24) is 0 Å². The highest BCUT2D eigenvalue weighted by molar-refractivity contribution is 14.1. The molecule has 1 aromatic rings. The summed E-state index contributed by atoms with van der Waals surface area (Å²) in [6.07, 6.45) is 0.229. The number of carboxylic acid groups (broad SMARTS) is 1. The molecular formula is C10H11IO4. The maximum Gasteiger partial charge on any atom is 0.511 e. The summed E-state index contributed by atoms with van der Waals surface area (Å²) >= 11 is 2.25. The molecule has 0 aliphatic carbocycles. The van der Waals surface area contributed by atoms with Crippen molar-refractivity contribution in [2.75, 3.05) is 4.43 Å². The average molecular weight is 322 g/mol. The number of halogens is 1. The van der Waals surface area contributed by atoms with E-state index in [0.717, 1.165) is 10.8 Å². The van der Waals surface area contributed by atoms with E-state index in [2.05, 4.69) is 27.3 Å². The molecule has 0 fully saturated rings. The van der Waals surface area contributed by atoms with E-state index in [9.17, 15) is 9.90 Å². The van der Waals surface area contributed by atoms with Crippen molar-refractivity contribution in [3.63, 3.8) is 0 Å². The monoisotopic (exact) mass is 322 g/mol. The Morgan fingerprint density at radius 3 is 2.80 bits per heavy atom. The Morgan fingerprint density at radius 2 is 2.20 bits per heavy atom. The topological polar surface area (TPSA) is 66.8 Å². The number of alkyl halides is 1. The Balaban J connectivity index is 2.85. The Bertz CT molecular complexity index is 351. The number of aromatic hydroxyl groups is 1. The number of phenolic OH excluding ortho intramolecular Hbond substituents is 1. The van der Waals surface area contributed by atoms with Gasteiger partial charge in [0.05, 0.1) is 0 Å². The summed E-state index contributed by atoms with van der Waals surface area (Å²) in [5.41, 5.74) is 0.713. The molecule has 0 saturated heterocycles. The van der Waals surface area contributed by atoms with Crippen LogP contribution in [0.2, 0.25) is 0 Å². The third-order valence-corrected chi connectivity index (χ3v) is 2.62. The highest BCUT2D eigenvalue weighted by Gasteiger charge is 2.10. The number of carbonyl (C=O) groups is 1. The highest BCUT2D eigenvalue weighted by Crippen LogP contribution is 2.30. The van der Waals surface area contributed by atoms with E-state index >= 15 is 0 Å². The van der Waals surface area contributed by atoms with E-state index in [1.165, 1.54) is 6.07 Å². The maximum atomic E-state index is 10.3. The first-order valence-electron chi connectivity index (χ1n) is 4.42. The molecule has 0 aromatic heterocycles. The van der Waals surface area contributed by atoms with Crippen molar-refractivity contribution in [2.24, 2.45) is 0 Å². The summed E-state index contributed by atoms with van der Waals surface area (Å²) < 4.78 is 5.42. The molecule has 1 aromatic carbocycles. The minimum absolute atomic E-state index is 0.00606. The molecule has 0 atom stereocenters. The van der Waals surface area contributed by atoms with E-state index in [0.29, 0.717) is 12.0 Å². The van der Waals surface area contributed by atoms with E-state index in [1.807, 2.05) is 0 Å². The van der Waals surface area contributed by atoms with Gasteiger partial charge in [-0.25, -0.2) is 4.79 Å². The third-order valence-electron chi connectivity index (χ3n) is 1.86. The molecule has 0 amide bonds. The standard InChI is InChI=1S/C10H11IO4/c11-6-2-4-7-3-1-5-8(9(7)12)15-10(13)14/h1,3,5,12H,2,4,6H2,(H,13,14). The molecule has 0 unspecified atom stereocenters. The number of hydrogen-bond donors (Lipinski definition) is 2. The summed E-state index contributed by atoms with van der Waals surface area (Å²) in [4.78, 5) is 10.3. The summed E-state index contributed by atoms with van der Waals surface area (Å²) in [6, 6.07) is 4.86. The highest BCUT2D eigenvalue weighted by atomic mass is 127. The first-order chi connectivity index (χ1) is 7.15. The summed E-state index contributed by atoms with van der Waals surface area (Å²) in [5, 5.41) is 18.1. The number of aryl methyl sites for hydroxylation is 1. The lowest BCUT2D eigenvalue weighted by Gasteiger charge is -2.07. The average Bonchev–Trinajstić information content (AvgIpc) is 2.19. The lowest BCUT2D eigenvalue weighted by molar-refractivity contribution is 0.143. The fourth-order valence-electron chi connectivity index (χ4n) is 1.20. The first kappa shape index (κ1) is 12.1. The van der Waals surface area contributed by atoms with Gasteiger partial charge in [0.25, 0.3) is 0 Å². The largest absolute Gasteiger partial charge is 0.511 e. The van der Waals surface area contributed by atoms with Gasteiger partial charge in [-0.3, -0.25) is 0 Å². The van der Waals surface area contributed by atoms with Gasteiger partial charge in [-0.1, -0.05) is 34.7 Å². The molecule has 15 heavy (non-hydrogen) atoms. The Labute approximate surface area is 101 Å². The molecular weight excluding hydrogens is 311 g/mol. The number of hydrogen-bond acceptors (Lipinski definition) is 3. The number of benzene rings is 1. The van der Waals surface area contributed by atoms with Crippen LogP contribution in [0.4, 0.5) is 4.79 Å². The smallest absolute Gasteiger partial charge is 0.504 e. The van der Waals surface area contributed by atoms with Crippen molar-refractivity contribution < 1.29 is 19.7 Å². The lowest BCUT2D eigenvalue weighted by atomic mass is 10.1. The van der Waals surface area contributed by atoms with Gasteiger partial charge in [0, 0.05) is 0 Å². The van der Waals surface area contributed by atoms with Crippen LogP contribution in [-0.2, 0) is 6.42 Å². The molecule has 0 heterocycles. The third kappa shape index (κ3) is 3.58. The van der Waals surface area contributed by atoms with Gasteiger partial charge in [0.15, 0.2) is 11.5 Å². The number of phenols is 1. The summed E-state index contributed by atoms with van der Waals surface area (Å²) in [5.74, 6) is -0.0850. The van der Waals surface area contributed by atoms with E-state index in [1.54, 1.807) is 12.1 Å². The van der Waals surface area contributed by atoms with E-state index in [4.69, 9.17) is 5.11 Å². The minimum atomic E-state index is -1.42. The second kappa shape index (κ2) is 5.79. The van der Waals surface area contributed by atoms with Gasteiger partial charge < -0.3 is 14.9 Å². The molecule has 0 aliphatic rings. The van der Waals surface area contributed by atoms with Crippen LogP contribution in [0.15, 0.2) is 18.2 Å². The van der Waals surface area contributed by atoms with Crippen molar-refractivity contribution in [2.45, 2.75) is 12.8 Å².